The zero-order valence-corrected chi connectivity index (χ0v) is 14.0. The van der Waals surface area contributed by atoms with Gasteiger partial charge in [-0.3, -0.25) is 9.59 Å². The fraction of sp³-hybridized carbons (Fsp3) is 0.556. The molecule has 0 radical (unpaired) electrons. The van der Waals surface area contributed by atoms with E-state index < -0.39 is 5.97 Å². The Balaban J connectivity index is 2.04. The molecule has 23 heavy (non-hydrogen) atoms. The zero-order chi connectivity index (χ0) is 17.0. The van der Waals surface area contributed by atoms with Gasteiger partial charge in [0.1, 0.15) is 5.75 Å². The molecule has 1 amide bonds. The van der Waals surface area contributed by atoms with Crippen molar-refractivity contribution in [2.24, 2.45) is 11.8 Å². The van der Waals surface area contributed by atoms with Gasteiger partial charge in [0.2, 0.25) is 5.91 Å². The van der Waals surface area contributed by atoms with Gasteiger partial charge in [-0.2, -0.15) is 0 Å². The number of carboxylic acid groups (broad SMARTS) is 1. The van der Waals surface area contributed by atoms with Crippen molar-refractivity contribution in [1.82, 2.24) is 4.90 Å². The van der Waals surface area contributed by atoms with Gasteiger partial charge in [-0.15, -0.1) is 0 Å². The zero-order valence-electron chi connectivity index (χ0n) is 14.0. The molecule has 1 N–H and O–H groups in total. The third-order valence-electron chi connectivity index (χ3n) is 4.90. The number of rotatable bonds is 5. The highest BCUT2D eigenvalue weighted by molar-refractivity contribution is 5.80. The Morgan fingerprint density at radius 1 is 1.22 bits per heavy atom. The molecule has 0 bridgehead atoms. The van der Waals surface area contributed by atoms with Crippen molar-refractivity contribution in [3.8, 4) is 5.75 Å². The predicted octanol–water partition coefficient (Wildman–Crippen LogP) is 3.11. The van der Waals surface area contributed by atoms with E-state index in [0.717, 1.165) is 24.2 Å². The molecule has 0 spiro atoms. The van der Waals surface area contributed by atoms with Crippen LogP contribution in [0.3, 0.4) is 0 Å². The summed E-state index contributed by atoms with van der Waals surface area (Å²) in [7, 11) is 3.41. The minimum Gasteiger partial charge on any atom is -0.497 e. The van der Waals surface area contributed by atoms with Crippen LogP contribution in [0, 0.1) is 11.8 Å². The summed E-state index contributed by atoms with van der Waals surface area (Å²) in [6.45, 7) is 1.98. The summed E-state index contributed by atoms with van der Waals surface area (Å²) >= 11 is 0. The van der Waals surface area contributed by atoms with Gasteiger partial charge in [0.15, 0.2) is 0 Å². The van der Waals surface area contributed by atoms with Gasteiger partial charge >= 0.3 is 5.97 Å². The molecular weight excluding hydrogens is 294 g/mol. The number of hydrogen-bond donors (Lipinski definition) is 1. The van der Waals surface area contributed by atoms with Crippen LogP contribution in [0.2, 0.25) is 0 Å². The minimum atomic E-state index is -0.784. The topological polar surface area (TPSA) is 66.8 Å². The Hall–Kier alpha value is -2.04. The van der Waals surface area contributed by atoms with E-state index in [9.17, 15) is 14.7 Å². The predicted molar refractivity (Wildman–Crippen MR) is 87.3 cm³/mol. The lowest BCUT2D eigenvalue weighted by Gasteiger charge is -2.32. The van der Waals surface area contributed by atoms with Crippen molar-refractivity contribution < 1.29 is 19.4 Å². The van der Waals surface area contributed by atoms with E-state index >= 15 is 0 Å². The number of carbonyl (C=O) groups excluding carboxylic acids is 1. The van der Waals surface area contributed by atoms with Crippen LogP contribution in [0.4, 0.5) is 0 Å². The third-order valence-corrected chi connectivity index (χ3v) is 4.90. The number of hydrogen-bond acceptors (Lipinski definition) is 3. The summed E-state index contributed by atoms with van der Waals surface area (Å²) < 4.78 is 5.15. The second-order valence-corrected chi connectivity index (χ2v) is 6.30. The van der Waals surface area contributed by atoms with Gasteiger partial charge in [-0.25, -0.2) is 0 Å². The van der Waals surface area contributed by atoms with E-state index in [-0.39, 0.29) is 23.8 Å². The molecule has 5 nitrogen and oxygen atoms in total. The Morgan fingerprint density at radius 2 is 1.83 bits per heavy atom. The van der Waals surface area contributed by atoms with Crippen molar-refractivity contribution >= 4 is 11.9 Å². The van der Waals surface area contributed by atoms with E-state index in [1.165, 1.54) is 0 Å². The molecule has 3 atom stereocenters. The summed E-state index contributed by atoms with van der Waals surface area (Å²) in [6.07, 6.45) is 2.71. The van der Waals surface area contributed by atoms with E-state index in [4.69, 9.17) is 4.74 Å². The normalized spacial score (nSPS) is 22.2. The summed E-state index contributed by atoms with van der Waals surface area (Å²) in [6, 6.07) is 7.61. The average molecular weight is 319 g/mol. The van der Waals surface area contributed by atoms with Gasteiger partial charge in [0.05, 0.1) is 19.1 Å². The van der Waals surface area contributed by atoms with Crippen LogP contribution in [0.5, 0.6) is 5.75 Å². The van der Waals surface area contributed by atoms with Crippen molar-refractivity contribution in [2.75, 3.05) is 14.2 Å². The molecule has 1 aliphatic rings. The van der Waals surface area contributed by atoms with Crippen LogP contribution in [-0.4, -0.2) is 36.0 Å². The van der Waals surface area contributed by atoms with E-state index in [1.807, 2.05) is 31.2 Å². The van der Waals surface area contributed by atoms with Crippen molar-refractivity contribution in [3.05, 3.63) is 29.8 Å². The van der Waals surface area contributed by atoms with Gasteiger partial charge in [-0.05, 0) is 43.9 Å². The second kappa shape index (κ2) is 7.49. The number of carbonyl (C=O) groups is 2. The molecule has 2 rings (SSSR count). The summed E-state index contributed by atoms with van der Waals surface area (Å²) in [5.41, 5.74) is 1.03. The minimum absolute atomic E-state index is 0.0410. The molecule has 1 aliphatic carbocycles. The second-order valence-electron chi connectivity index (χ2n) is 6.30. The molecule has 0 aromatic heterocycles. The molecule has 126 valence electrons. The number of aliphatic carboxylic acids is 1. The number of carboxylic acids is 1. The maximum absolute atomic E-state index is 12.7. The Kier molecular flexibility index (Phi) is 5.64. The molecule has 0 aliphatic heterocycles. The molecule has 0 heterocycles. The molecule has 3 unspecified atom stereocenters. The van der Waals surface area contributed by atoms with Gasteiger partial charge in [0.25, 0.3) is 0 Å². The van der Waals surface area contributed by atoms with E-state index in [2.05, 4.69) is 0 Å². The third kappa shape index (κ3) is 4.03. The average Bonchev–Trinajstić information content (AvgIpc) is 2.60. The van der Waals surface area contributed by atoms with Crippen molar-refractivity contribution in [1.29, 1.82) is 0 Å². The summed E-state index contributed by atoms with van der Waals surface area (Å²) in [4.78, 5) is 25.6. The van der Waals surface area contributed by atoms with Crippen LogP contribution in [0.1, 0.15) is 44.2 Å². The van der Waals surface area contributed by atoms with E-state index in [1.54, 1.807) is 19.1 Å². The van der Waals surface area contributed by atoms with Crippen LogP contribution < -0.4 is 4.74 Å². The quantitative estimate of drug-likeness (QED) is 0.905. The number of ether oxygens (including phenoxy) is 1. The van der Waals surface area contributed by atoms with Gasteiger partial charge < -0.3 is 14.7 Å². The van der Waals surface area contributed by atoms with E-state index in [0.29, 0.717) is 12.8 Å². The van der Waals surface area contributed by atoms with Crippen LogP contribution in [-0.2, 0) is 9.59 Å². The lowest BCUT2D eigenvalue weighted by molar-refractivity contribution is -0.145. The first-order valence-corrected chi connectivity index (χ1v) is 8.07. The van der Waals surface area contributed by atoms with Crippen molar-refractivity contribution in [3.63, 3.8) is 0 Å². The summed E-state index contributed by atoms with van der Waals surface area (Å²) in [5, 5.41) is 9.18. The number of benzene rings is 1. The maximum Gasteiger partial charge on any atom is 0.306 e. The SMILES string of the molecule is COc1ccc(C(C)N(C)C(=O)C2CCCC(C(=O)O)C2)cc1. The van der Waals surface area contributed by atoms with Gasteiger partial charge in [0, 0.05) is 13.0 Å². The first-order chi connectivity index (χ1) is 10.9. The number of amides is 1. The molecule has 1 saturated carbocycles. The smallest absolute Gasteiger partial charge is 0.306 e. The Morgan fingerprint density at radius 3 is 2.39 bits per heavy atom. The standard InChI is InChI=1S/C18H25NO4/c1-12(13-7-9-16(23-3)10-8-13)19(2)17(20)14-5-4-6-15(11-14)18(21)22/h7-10,12,14-15H,4-6,11H2,1-3H3,(H,21,22). The van der Waals surface area contributed by atoms with Crippen LogP contribution in [0.15, 0.2) is 24.3 Å². The highest BCUT2D eigenvalue weighted by Gasteiger charge is 2.33. The summed E-state index contributed by atoms with van der Waals surface area (Å²) in [5.74, 6) is -0.530. The number of nitrogens with zero attached hydrogens (tertiary/aromatic N) is 1. The van der Waals surface area contributed by atoms with Crippen LogP contribution in [0.25, 0.3) is 0 Å². The monoisotopic (exact) mass is 319 g/mol. The number of methoxy groups -OCH3 is 1. The molecule has 5 heteroatoms. The first-order valence-electron chi connectivity index (χ1n) is 8.07. The maximum atomic E-state index is 12.7. The molecule has 1 fully saturated rings. The van der Waals surface area contributed by atoms with Crippen molar-refractivity contribution in [2.45, 2.75) is 38.6 Å². The molecule has 0 saturated heterocycles. The molecular formula is C18H25NO4. The fourth-order valence-corrected chi connectivity index (χ4v) is 3.22. The van der Waals surface area contributed by atoms with Crippen LogP contribution >= 0.6 is 0 Å². The Bertz CT molecular complexity index is 555. The fourth-order valence-electron chi connectivity index (χ4n) is 3.22. The largest absolute Gasteiger partial charge is 0.497 e. The van der Waals surface area contributed by atoms with Gasteiger partial charge in [-0.1, -0.05) is 18.6 Å². The molecule has 1 aromatic carbocycles. The highest BCUT2D eigenvalue weighted by atomic mass is 16.5. The lowest BCUT2D eigenvalue weighted by Crippen LogP contribution is -2.38. The first kappa shape index (κ1) is 17.3. The lowest BCUT2D eigenvalue weighted by atomic mass is 9.80. The highest BCUT2D eigenvalue weighted by Crippen LogP contribution is 2.32. The Labute approximate surface area is 137 Å². The molecule has 1 aromatic rings.